The zero-order valence-corrected chi connectivity index (χ0v) is 14.1. The molecule has 0 unspecified atom stereocenters. The predicted octanol–water partition coefficient (Wildman–Crippen LogP) is 2.57. The van der Waals surface area contributed by atoms with Crippen LogP contribution in [0, 0.1) is 0 Å². The predicted molar refractivity (Wildman–Crippen MR) is 86.4 cm³/mol. The van der Waals surface area contributed by atoms with Gasteiger partial charge in [0.15, 0.2) is 11.5 Å². The minimum Gasteiger partial charge on any atom is -0.493 e. The highest BCUT2D eigenvalue weighted by Crippen LogP contribution is 2.47. The number of methoxy groups -OCH3 is 2. The van der Waals surface area contributed by atoms with Crippen LogP contribution in [-0.2, 0) is 16.0 Å². The van der Waals surface area contributed by atoms with Crippen molar-refractivity contribution in [2.75, 3.05) is 14.2 Å². The zero-order chi connectivity index (χ0) is 16.9. The van der Waals surface area contributed by atoms with E-state index in [1.165, 1.54) is 0 Å². The molecule has 0 atom stereocenters. The second-order valence-electron chi connectivity index (χ2n) is 6.50. The van der Waals surface area contributed by atoms with Crippen molar-refractivity contribution in [3.05, 3.63) is 28.8 Å². The Morgan fingerprint density at radius 2 is 1.74 bits per heavy atom. The van der Waals surface area contributed by atoms with Crippen LogP contribution in [-0.4, -0.2) is 36.3 Å². The van der Waals surface area contributed by atoms with Crippen LogP contribution in [0.25, 0.3) is 5.70 Å². The highest BCUT2D eigenvalue weighted by molar-refractivity contribution is 6.48. The normalized spacial score (nSPS) is 18.9. The van der Waals surface area contributed by atoms with E-state index in [2.05, 4.69) is 0 Å². The number of hydrogen-bond acceptors (Lipinski definition) is 4. The van der Waals surface area contributed by atoms with Crippen molar-refractivity contribution in [1.29, 1.82) is 0 Å². The van der Waals surface area contributed by atoms with Gasteiger partial charge in [-0.25, -0.2) is 0 Å². The van der Waals surface area contributed by atoms with Gasteiger partial charge in [0.1, 0.15) is 0 Å². The van der Waals surface area contributed by atoms with Crippen molar-refractivity contribution >= 4 is 17.4 Å². The van der Waals surface area contributed by atoms with Crippen LogP contribution in [0.15, 0.2) is 17.7 Å². The van der Waals surface area contributed by atoms with Crippen molar-refractivity contribution in [2.45, 2.75) is 39.2 Å². The highest BCUT2D eigenvalue weighted by atomic mass is 16.5. The highest BCUT2D eigenvalue weighted by Gasteiger charge is 2.48. The van der Waals surface area contributed by atoms with Gasteiger partial charge < -0.3 is 9.47 Å². The minimum absolute atomic E-state index is 0.391. The summed E-state index contributed by atoms with van der Waals surface area (Å²) in [6.07, 6.45) is 1.18. The van der Waals surface area contributed by atoms with Crippen molar-refractivity contribution in [3.8, 4) is 11.5 Å². The lowest BCUT2D eigenvalue weighted by Crippen LogP contribution is -2.49. The Morgan fingerprint density at radius 3 is 2.30 bits per heavy atom. The quantitative estimate of drug-likeness (QED) is 0.805. The maximum absolute atomic E-state index is 12.5. The fourth-order valence-corrected chi connectivity index (χ4v) is 3.60. The fraction of sp³-hybridized carbons (Fsp3) is 0.444. The van der Waals surface area contributed by atoms with E-state index >= 15 is 0 Å². The Hall–Kier alpha value is -2.30. The Balaban J connectivity index is 2.32. The summed E-state index contributed by atoms with van der Waals surface area (Å²) in [5, 5.41) is 0. The van der Waals surface area contributed by atoms with Crippen LogP contribution >= 0.6 is 0 Å². The van der Waals surface area contributed by atoms with Crippen molar-refractivity contribution < 1.29 is 19.1 Å². The van der Waals surface area contributed by atoms with Gasteiger partial charge in [0.2, 0.25) is 5.78 Å². The van der Waals surface area contributed by atoms with Crippen LogP contribution < -0.4 is 9.47 Å². The summed E-state index contributed by atoms with van der Waals surface area (Å²) in [5.41, 5.74) is 2.81. The van der Waals surface area contributed by atoms with Crippen LogP contribution in [0.3, 0.4) is 0 Å². The summed E-state index contributed by atoms with van der Waals surface area (Å²) in [4.78, 5) is 26.5. The molecule has 0 aliphatic carbocycles. The molecule has 0 saturated heterocycles. The van der Waals surface area contributed by atoms with Crippen LogP contribution in [0.5, 0.6) is 11.5 Å². The number of ether oxygens (including phenoxy) is 2. The lowest BCUT2D eigenvalue weighted by molar-refractivity contribution is -0.141. The number of benzene rings is 1. The summed E-state index contributed by atoms with van der Waals surface area (Å²) < 4.78 is 10.8. The van der Waals surface area contributed by atoms with Gasteiger partial charge >= 0.3 is 0 Å². The first-order valence-electron chi connectivity index (χ1n) is 7.73. The summed E-state index contributed by atoms with van der Waals surface area (Å²) in [5.74, 6) is 0.436. The Morgan fingerprint density at radius 1 is 1.13 bits per heavy atom. The molecule has 0 fully saturated rings. The first-order valence-corrected chi connectivity index (χ1v) is 7.73. The molecular weight excluding hydrogens is 294 g/mol. The molecule has 0 aromatic heterocycles. The Bertz CT molecular complexity index is 746. The average molecular weight is 315 g/mol. The van der Waals surface area contributed by atoms with E-state index in [9.17, 15) is 9.59 Å². The van der Waals surface area contributed by atoms with E-state index in [-0.39, 0.29) is 0 Å². The van der Waals surface area contributed by atoms with Gasteiger partial charge in [-0.05, 0) is 44.4 Å². The van der Waals surface area contributed by atoms with E-state index in [1.807, 2.05) is 32.9 Å². The third kappa shape index (κ3) is 2.06. The number of nitrogens with zero attached hydrogens (tertiary/aromatic N) is 1. The van der Waals surface area contributed by atoms with Crippen molar-refractivity contribution in [3.63, 3.8) is 0 Å². The van der Waals surface area contributed by atoms with Gasteiger partial charge in [-0.2, -0.15) is 0 Å². The molecule has 3 rings (SSSR count). The summed E-state index contributed by atoms with van der Waals surface area (Å²) in [6, 6.07) is 3.81. The van der Waals surface area contributed by atoms with E-state index < -0.39 is 17.2 Å². The first-order chi connectivity index (χ1) is 10.9. The second kappa shape index (κ2) is 5.11. The van der Waals surface area contributed by atoms with Crippen LogP contribution in [0.2, 0.25) is 0 Å². The standard InChI is InChI=1S/C18H21NO4/c1-6-11-15-12-8-14(23-5)13(22-4)7-10(12)9-18(2,3)19(15)17(21)16(11)20/h7-8H,6,9H2,1-5H3. The minimum atomic E-state index is -0.453. The molecule has 5 heteroatoms. The number of carbonyl (C=O) groups is 2. The number of rotatable bonds is 3. The van der Waals surface area contributed by atoms with Crippen molar-refractivity contribution in [2.24, 2.45) is 0 Å². The van der Waals surface area contributed by atoms with Gasteiger partial charge in [0, 0.05) is 16.7 Å². The van der Waals surface area contributed by atoms with E-state index in [0.29, 0.717) is 29.9 Å². The molecule has 0 saturated carbocycles. The average Bonchev–Trinajstić information content (AvgIpc) is 2.78. The first kappa shape index (κ1) is 15.6. The molecule has 2 heterocycles. The maximum Gasteiger partial charge on any atom is 0.299 e. The number of amides is 1. The maximum atomic E-state index is 12.5. The smallest absolute Gasteiger partial charge is 0.299 e. The number of ketones is 1. The lowest BCUT2D eigenvalue weighted by atomic mass is 9.83. The molecular formula is C18H21NO4. The summed E-state index contributed by atoms with van der Waals surface area (Å²) >= 11 is 0. The Labute approximate surface area is 135 Å². The van der Waals surface area contributed by atoms with Gasteiger partial charge in [0.25, 0.3) is 5.91 Å². The molecule has 1 aromatic rings. The molecule has 1 aromatic carbocycles. The number of carbonyl (C=O) groups excluding carboxylic acids is 2. The molecule has 23 heavy (non-hydrogen) atoms. The topological polar surface area (TPSA) is 55.8 Å². The SMILES string of the molecule is CCC1=C2c3cc(OC)c(OC)cc3CC(C)(C)N2C(=O)C1=O. The summed E-state index contributed by atoms with van der Waals surface area (Å²) in [7, 11) is 3.18. The molecule has 0 N–H and O–H groups in total. The van der Waals surface area contributed by atoms with E-state index in [1.54, 1.807) is 19.1 Å². The van der Waals surface area contributed by atoms with E-state index in [0.717, 1.165) is 16.8 Å². The molecule has 1 amide bonds. The third-order valence-corrected chi connectivity index (χ3v) is 4.63. The van der Waals surface area contributed by atoms with Crippen molar-refractivity contribution in [1.82, 2.24) is 4.90 Å². The van der Waals surface area contributed by atoms with Gasteiger partial charge in [-0.1, -0.05) is 6.92 Å². The monoisotopic (exact) mass is 315 g/mol. The summed E-state index contributed by atoms with van der Waals surface area (Å²) in [6.45, 7) is 5.87. The van der Waals surface area contributed by atoms with Gasteiger partial charge in [-0.3, -0.25) is 14.5 Å². The van der Waals surface area contributed by atoms with Crippen LogP contribution in [0.4, 0.5) is 0 Å². The van der Waals surface area contributed by atoms with E-state index in [4.69, 9.17) is 9.47 Å². The largest absolute Gasteiger partial charge is 0.493 e. The molecule has 0 spiro atoms. The number of fused-ring (bicyclic) bond motifs is 3. The molecule has 5 nitrogen and oxygen atoms in total. The third-order valence-electron chi connectivity index (χ3n) is 4.63. The van der Waals surface area contributed by atoms with Crippen LogP contribution in [0.1, 0.15) is 38.3 Å². The lowest BCUT2D eigenvalue weighted by Gasteiger charge is -2.42. The van der Waals surface area contributed by atoms with Gasteiger partial charge in [0.05, 0.1) is 19.9 Å². The van der Waals surface area contributed by atoms with Gasteiger partial charge in [-0.15, -0.1) is 0 Å². The molecule has 2 aliphatic rings. The molecule has 0 bridgehead atoms. The molecule has 0 radical (unpaired) electrons. The fourth-order valence-electron chi connectivity index (χ4n) is 3.60. The Kier molecular flexibility index (Phi) is 3.47. The molecule has 2 aliphatic heterocycles. The zero-order valence-electron chi connectivity index (χ0n) is 14.1. The number of hydrogen-bond donors (Lipinski definition) is 0. The molecule has 122 valence electrons. The number of Topliss-reactive ketones (excluding diaryl/α,β-unsaturated/α-hetero) is 1. The second-order valence-corrected chi connectivity index (χ2v) is 6.50.